The summed E-state index contributed by atoms with van der Waals surface area (Å²) in [4.78, 5) is 15.7. The van der Waals surface area contributed by atoms with Crippen molar-refractivity contribution in [3.63, 3.8) is 0 Å². The van der Waals surface area contributed by atoms with Crippen LogP contribution in [0, 0.1) is 10.1 Å². The third-order valence-corrected chi connectivity index (χ3v) is 3.43. The Hall–Kier alpha value is -2.28. The molecule has 0 fully saturated rings. The average molecular weight is 291 g/mol. The maximum Gasteiger partial charge on any atom is 0.275 e. The summed E-state index contributed by atoms with van der Waals surface area (Å²) in [6.45, 7) is 0. The molecule has 20 heavy (non-hydrogen) atoms. The normalized spacial score (nSPS) is 10.1. The highest BCUT2D eigenvalue weighted by Crippen LogP contribution is 2.31. The van der Waals surface area contributed by atoms with Crippen molar-refractivity contribution in [3.05, 3.63) is 46.5 Å². The minimum atomic E-state index is -0.432. The molecule has 1 heterocycles. The van der Waals surface area contributed by atoms with Crippen molar-refractivity contribution in [2.45, 2.75) is 9.92 Å². The second-order valence-corrected chi connectivity index (χ2v) is 4.93. The third kappa shape index (κ3) is 3.39. The van der Waals surface area contributed by atoms with E-state index in [1.54, 1.807) is 14.2 Å². The molecule has 0 aliphatic heterocycles. The molecule has 0 bridgehead atoms. The predicted octanol–water partition coefficient (Wildman–Crippen LogP) is 3.19. The highest BCUT2D eigenvalue weighted by Gasteiger charge is 2.11. The van der Waals surface area contributed by atoms with Gasteiger partial charge in [0.1, 0.15) is 16.6 Å². The molecule has 0 spiro atoms. The molecule has 1 aromatic carbocycles. The van der Waals surface area contributed by atoms with Gasteiger partial charge in [-0.15, -0.1) is 0 Å². The van der Waals surface area contributed by atoms with Gasteiger partial charge >= 0.3 is 0 Å². The Kier molecular flexibility index (Phi) is 4.41. The fourth-order valence-electron chi connectivity index (χ4n) is 1.56. The monoisotopic (exact) mass is 291 g/mol. The lowest BCUT2D eigenvalue weighted by Crippen LogP contribution is -1.96. The highest BCUT2D eigenvalue weighted by atomic mass is 32.2. The van der Waals surface area contributed by atoms with Gasteiger partial charge in [-0.25, -0.2) is 4.98 Å². The molecular weight excluding hydrogens is 278 g/mol. The number of aromatic nitrogens is 1. The number of benzene rings is 1. The maximum atomic E-state index is 10.9. The Balaban J connectivity index is 2.32. The third-order valence-electron chi connectivity index (χ3n) is 2.52. The van der Waals surface area contributed by atoms with Crippen molar-refractivity contribution in [2.75, 3.05) is 19.5 Å². The SMILES string of the molecule is CNc1cc([N+](=O)[O-])cc(Sc2cccc(OC)c2)n1. The van der Waals surface area contributed by atoms with E-state index >= 15 is 0 Å². The summed E-state index contributed by atoms with van der Waals surface area (Å²) in [5.41, 5.74) is 0.00902. The molecule has 1 aromatic heterocycles. The number of ether oxygens (including phenoxy) is 1. The number of nitro groups is 1. The van der Waals surface area contributed by atoms with Crippen molar-refractivity contribution >= 4 is 23.3 Å². The van der Waals surface area contributed by atoms with Gasteiger partial charge in [0, 0.05) is 18.0 Å². The molecule has 0 aliphatic carbocycles. The van der Waals surface area contributed by atoms with E-state index in [4.69, 9.17) is 4.74 Å². The van der Waals surface area contributed by atoms with E-state index in [-0.39, 0.29) is 5.69 Å². The smallest absolute Gasteiger partial charge is 0.275 e. The van der Waals surface area contributed by atoms with Gasteiger partial charge in [-0.3, -0.25) is 10.1 Å². The van der Waals surface area contributed by atoms with Crippen LogP contribution in [0.15, 0.2) is 46.3 Å². The first-order valence-corrected chi connectivity index (χ1v) is 6.60. The number of pyridine rings is 1. The largest absolute Gasteiger partial charge is 0.497 e. The molecule has 0 aliphatic rings. The van der Waals surface area contributed by atoms with Gasteiger partial charge in [0.2, 0.25) is 0 Å². The molecule has 7 heteroatoms. The first kappa shape index (κ1) is 14.1. The average Bonchev–Trinajstić information content (AvgIpc) is 2.47. The first-order chi connectivity index (χ1) is 9.62. The predicted molar refractivity (Wildman–Crippen MR) is 77.6 cm³/mol. The van der Waals surface area contributed by atoms with Gasteiger partial charge in [0.15, 0.2) is 0 Å². The minimum absolute atomic E-state index is 0.00902. The van der Waals surface area contributed by atoms with E-state index < -0.39 is 4.92 Å². The summed E-state index contributed by atoms with van der Waals surface area (Å²) in [5.74, 6) is 1.19. The zero-order valence-electron chi connectivity index (χ0n) is 11.0. The van der Waals surface area contributed by atoms with E-state index in [1.165, 1.54) is 23.9 Å². The summed E-state index contributed by atoms with van der Waals surface area (Å²) < 4.78 is 5.15. The lowest BCUT2D eigenvalue weighted by atomic mass is 10.3. The fraction of sp³-hybridized carbons (Fsp3) is 0.154. The molecule has 0 atom stereocenters. The van der Waals surface area contributed by atoms with Crippen LogP contribution in [0.25, 0.3) is 0 Å². The Morgan fingerprint density at radius 1 is 1.35 bits per heavy atom. The second kappa shape index (κ2) is 6.25. The van der Waals surface area contributed by atoms with Crippen molar-refractivity contribution < 1.29 is 9.66 Å². The van der Waals surface area contributed by atoms with Crippen LogP contribution in [0.4, 0.5) is 11.5 Å². The van der Waals surface area contributed by atoms with Crippen LogP contribution in [-0.4, -0.2) is 24.1 Å². The first-order valence-electron chi connectivity index (χ1n) is 5.78. The number of anilines is 1. The van der Waals surface area contributed by atoms with Crippen molar-refractivity contribution in [2.24, 2.45) is 0 Å². The van der Waals surface area contributed by atoms with Crippen LogP contribution in [0.1, 0.15) is 0 Å². The molecule has 104 valence electrons. The highest BCUT2D eigenvalue weighted by molar-refractivity contribution is 7.99. The van der Waals surface area contributed by atoms with Crippen LogP contribution in [0.3, 0.4) is 0 Å². The van der Waals surface area contributed by atoms with Gasteiger partial charge in [0.05, 0.1) is 18.1 Å². The number of hydrogen-bond donors (Lipinski definition) is 1. The van der Waals surface area contributed by atoms with Crippen LogP contribution in [-0.2, 0) is 0 Å². The van der Waals surface area contributed by atoms with E-state index in [0.717, 1.165) is 10.6 Å². The van der Waals surface area contributed by atoms with Crippen molar-refractivity contribution in [3.8, 4) is 5.75 Å². The Bertz CT molecular complexity index is 634. The molecule has 0 saturated carbocycles. The summed E-state index contributed by atoms with van der Waals surface area (Å²) in [6.07, 6.45) is 0. The molecule has 6 nitrogen and oxygen atoms in total. The van der Waals surface area contributed by atoms with Gasteiger partial charge in [0.25, 0.3) is 5.69 Å². The van der Waals surface area contributed by atoms with E-state index in [2.05, 4.69) is 10.3 Å². The summed E-state index contributed by atoms with van der Waals surface area (Å²) >= 11 is 1.34. The van der Waals surface area contributed by atoms with Crippen molar-refractivity contribution in [1.29, 1.82) is 0 Å². The molecule has 0 saturated heterocycles. The van der Waals surface area contributed by atoms with E-state index in [0.29, 0.717) is 10.8 Å². The number of methoxy groups -OCH3 is 1. The molecule has 0 unspecified atom stereocenters. The van der Waals surface area contributed by atoms with Gasteiger partial charge < -0.3 is 10.1 Å². The molecule has 0 amide bonds. The van der Waals surface area contributed by atoms with Crippen LogP contribution < -0.4 is 10.1 Å². The molecule has 1 N–H and O–H groups in total. The zero-order valence-corrected chi connectivity index (χ0v) is 11.8. The summed E-state index contributed by atoms with van der Waals surface area (Å²) in [6, 6.07) is 10.3. The Labute approximate surface area is 120 Å². The van der Waals surface area contributed by atoms with E-state index in [9.17, 15) is 10.1 Å². The summed E-state index contributed by atoms with van der Waals surface area (Å²) in [7, 11) is 3.26. The molecular formula is C13H13N3O3S. The number of nitrogens with zero attached hydrogens (tertiary/aromatic N) is 2. The van der Waals surface area contributed by atoms with Crippen LogP contribution >= 0.6 is 11.8 Å². The standard InChI is InChI=1S/C13H13N3O3S/c1-14-12-6-9(16(17)18)7-13(15-12)20-11-5-3-4-10(8-11)19-2/h3-8H,1-2H3,(H,14,15). The second-order valence-electron chi connectivity index (χ2n) is 3.84. The maximum absolute atomic E-state index is 10.9. The van der Waals surface area contributed by atoms with Gasteiger partial charge in [-0.2, -0.15) is 0 Å². The lowest BCUT2D eigenvalue weighted by Gasteiger charge is -2.06. The molecule has 2 aromatic rings. The van der Waals surface area contributed by atoms with Crippen molar-refractivity contribution in [1.82, 2.24) is 4.98 Å². The molecule has 2 rings (SSSR count). The zero-order chi connectivity index (χ0) is 14.5. The Morgan fingerprint density at radius 2 is 2.15 bits per heavy atom. The number of hydrogen-bond acceptors (Lipinski definition) is 6. The van der Waals surface area contributed by atoms with Gasteiger partial charge in [-0.05, 0) is 18.2 Å². The topological polar surface area (TPSA) is 77.3 Å². The fourth-order valence-corrected chi connectivity index (χ4v) is 2.45. The number of rotatable bonds is 5. The van der Waals surface area contributed by atoms with E-state index in [1.807, 2.05) is 24.3 Å². The number of nitrogens with one attached hydrogen (secondary N) is 1. The quantitative estimate of drug-likeness (QED) is 0.673. The molecule has 0 radical (unpaired) electrons. The van der Waals surface area contributed by atoms with Crippen LogP contribution in [0.2, 0.25) is 0 Å². The summed E-state index contributed by atoms with van der Waals surface area (Å²) in [5, 5.41) is 14.3. The minimum Gasteiger partial charge on any atom is -0.497 e. The Morgan fingerprint density at radius 3 is 2.80 bits per heavy atom. The lowest BCUT2D eigenvalue weighted by molar-refractivity contribution is -0.385. The van der Waals surface area contributed by atoms with Crippen LogP contribution in [0.5, 0.6) is 5.75 Å². The van der Waals surface area contributed by atoms with Gasteiger partial charge in [-0.1, -0.05) is 17.8 Å².